The van der Waals surface area contributed by atoms with Gasteiger partial charge in [-0.05, 0) is 48.9 Å². The van der Waals surface area contributed by atoms with E-state index in [2.05, 4.69) is 5.32 Å². The first-order chi connectivity index (χ1) is 9.78. The summed E-state index contributed by atoms with van der Waals surface area (Å²) in [6, 6.07) is 5.11. The number of rotatable bonds is 7. The van der Waals surface area contributed by atoms with Gasteiger partial charge in [-0.3, -0.25) is 9.59 Å². The predicted molar refractivity (Wildman–Crippen MR) is 72.2 cm³/mol. The smallest absolute Gasteiger partial charge is 0.446 e. The number of nitrogens with one attached hydrogen (secondary N) is 1. The zero-order valence-corrected chi connectivity index (χ0v) is 11.8. The van der Waals surface area contributed by atoms with Crippen LogP contribution in [0.3, 0.4) is 0 Å². The highest BCUT2D eigenvalue weighted by Gasteiger charge is 2.29. The number of carboxylic acids is 1. The van der Waals surface area contributed by atoms with Gasteiger partial charge in [-0.1, -0.05) is 0 Å². The van der Waals surface area contributed by atoms with Crippen LogP contribution in [0, 0.1) is 0 Å². The lowest BCUT2D eigenvalue weighted by Crippen LogP contribution is -2.24. The number of hydrogen-bond donors (Lipinski definition) is 2. The molecule has 0 bridgehead atoms. The fraction of sp³-hybridized carbons (Fsp3) is 0.385. The maximum absolute atomic E-state index is 12.1. The quantitative estimate of drug-likeness (QED) is 0.597. The highest BCUT2D eigenvalue weighted by atomic mass is 32.2. The van der Waals surface area contributed by atoms with Gasteiger partial charge in [0.25, 0.3) is 5.91 Å². The van der Waals surface area contributed by atoms with E-state index in [-0.39, 0.29) is 28.6 Å². The van der Waals surface area contributed by atoms with Crippen molar-refractivity contribution in [3.63, 3.8) is 0 Å². The average molecular weight is 321 g/mol. The summed E-state index contributed by atoms with van der Waals surface area (Å²) in [5.74, 6) is -1.28. The van der Waals surface area contributed by atoms with E-state index in [1.54, 1.807) is 0 Å². The Labute approximate surface area is 123 Å². The lowest BCUT2D eigenvalue weighted by molar-refractivity contribution is -0.137. The van der Waals surface area contributed by atoms with Crippen molar-refractivity contribution < 1.29 is 27.9 Å². The standard InChI is InChI=1S/C13H14F3NO3S/c14-13(15,16)21-10-6-4-9(5-7-10)12(20)17-8-2-1-3-11(18)19/h4-7H,1-3,8H2,(H,17,20)(H,18,19). The van der Waals surface area contributed by atoms with Crippen LogP contribution in [0.2, 0.25) is 0 Å². The zero-order valence-electron chi connectivity index (χ0n) is 10.9. The minimum atomic E-state index is -4.35. The van der Waals surface area contributed by atoms with E-state index < -0.39 is 17.4 Å². The molecule has 116 valence electrons. The molecule has 0 spiro atoms. The lowest BCUT2D eigenvalue weighted by atomic mass is 10.2. The maximum Gasteiger partial charge on any atom is 0.446 e. The molecule has 1 amide bonds. The molecule has 0 fully saturated rings. The van der Waals surface area contributed by atoms with Crippen molar-refractivity contribution >= 4 is 23.6 Å². The number of carbonyl (C=O) groups excluding carboxylic acids is 1. The fourth-order valence-electron chi connectivity index (χ4n) is 1.51. The van der Waals surface area contributed by atoms with Crippen molar-refractivity contribution in [1.82, 2.24) is 5.32 Å². The Bertz CT molecular complexity index is 488. The van der Waals surface area contributed by atoms with Gasteiger partial charge in [-0.25, -0.2) is 0 Å². The van der Waals surface area contributed by atoms with Crippen molar-refractivity contribution in [3.8, 4) is 0 Å². The molecule has 0 saturated heterocycles. The molecule has 0 atom stereocenters. The van der Waals surface area contributed by atoms with Crippen LogP contribution in [0.25, 0.3) is 0 Å². The molecular formula is C13H14F3NO3S. The van der Waals surface area contributed by atoms with E-state index in [0.29, 0.717) is 19.4 Å². The first-order valence-electron chi connectivity index (χ1n) is 6.14. The minimum Gasteiger partial charge on any atom is -0.481 e. The summed E-state index contributed by atoms with van der Waals surface area (Å²) in [6.07, 6.45) is 1.02. The summed E-state index contributed by atoms with van der Waals surface area (Å²) in [5, 5.41) is 11.0. The van der Waals surface area contributed by atoms with Gasteiger partial charge in [-0.2, -0.15) is 13.2 Å². The van der Waals surface area contributed by atoms with E-state index in [1.165, 1.54) is 24.3 Å². The number of alkyl halides is 3. The topological polar surface area (TPSA) is 66.4 Å². The zero-order chi connectivity index (χ0) is 15.9. The van der Waals surface area contributed by atoms with E-state index >= 15 is 0 Å². The van der Waals surface area contributed by atoms with Gasteiger partial charge < -0.3 is 10.4 Å². The summed E-state index contributed by atoms with van der Waals surface area (Å²) in [4.78, 5) is 22.0. The molecule has 4 nitrogen and oxygen atoms in total. The first-order valence-corrected chi connectivity index (χ1v) is 6.95. The Morgan fingerprint density at radius 1 is 1.14 bits per heavy atom. The van der Waals surface area contributed by atoms with Crippen LogP contribution >= 0.6 is 11.8 Å². The molecule has 21 heavy (non-hydrogen) atoms. The summed E-state index contributed by atoms with van der Waals surface area (Å²) in [6.45, 7) is 0.325. The van der Waals surface area contributed by atoms with E-state index in [9.17, 15) is 22.8 Å². The Morgan fingerprint density at radius 2 is 1.76 bits per heavy atom. The third kappa shape index (κ3) is 7.60. The largest absolute Gasteiger partial charge is 0.481 e. The Morgan fingerprint density at radius 3 is 2.29 bits per heavy atom. The number of carboxylic acid groups (broad SMARTS) is 1. The summed E-state index contributed by atoms with van der Waals surface area (Å²) < 4.78 is 36.4. The maximum atomic E-state index is 12.1. The molecule has 2 N–H and O–H groups in total. The molecule has 0 radical (unpaired) electrons. The first kappa shape index (κ1) is 17.4. The molecule has 1 rings (SSSR count). The molecule has 8 heteroatoms. The van der Waals surface area contributed by atoms with Crippen LogP contribution in [0.5, 0.6) is 0 Å². The van der Waals surface area contributed by atoms with Crippen LogP contribution in [-0.2, 0) is 4.79 Å². The number of halogens is 3. The van der Waals surface area contributed by atoms with Gasteiger partial charge in [0, 0.05) is 23.4 Å². The van der Waals surface area contributed by atoms with Gasteiger partial charge in [0.15, 0.2) is 0 Å². The third-order valence-electron chi connectivity index (χ3n) is 2.45. The number of carbonyl (C=O) groups is 2. The van der Waals surface area contributed by atoms with E-state index in [1.807, 2.05) is 0 Å². The Hall–Kier alpha value is -1.70. The SMILES string of the molecule is O=C(O)CCCCNC(=O)c1ccc(SC(F)(F)F)cc1. The molecule has 1 aromatic carbocycles. The Kier molecular flexibility index (Phi) is 6.54. The van der Waals surface area contributed by atoms with Crippen molar-refractivity contribution in [2.75, 3.05) is 6.54 Å². The van der Waals surface area contributed by atoms with Gasteiger partial charge >= 0.3 is 11.5 Å². The molecule has 0 aliphatic carbocycles. The monoisotopic (exact) mass is 321 g/mol. The van der Waals surface area contributed by atoms with Crippen LogP contribution in [0.4, 0.5) is 13.2 Å². The highest BCUT2D eigenvalue weighted by Crippen LogP contribution is 2.36. The molecular weight excluding hydrogens is 307 g/mol. The molecule has 0 aliphatic heterocycles. The van der Waals surface area contributed by atoms with Crippen LogP contribution < -0.4 is 5.32 Å². The van der Waals surface area contributed by atoms with Crippen LogP contribution in [0.1, 0.15) is 29.6 Å². The second kappa shape index (κ2) is 7.92. The van der Waals surface area contributed by atoms with E-state index in [4.69, 9.17) is 5.11 Å². The van der Waals surface area contributed by atoms with Crippen LogP contribution in [0.15, 0.2) is 29.2 Å². The van der Waals surface area contributed by atoms with Crippen molar-refractivity contribution in [3.05, 3.63) is 29.8 Å². The normalized spacial score (nSPS) is 11.2. The van der Waals surface area contributed by atoms with Crippen molar-refractivity contribution in [2.24, 2.45) is 0 Å². The summed E-state index contributed by atoms with van der Waals surface area (Å²) in [5.41, 5.74) is -4.09. The molecule has 0 saturated carbocycles. The van der Waals surface area contributed by atoms with Gasteiger partial charge in [0.1, 0.15) is 0 Å². The number of aliphatic carboxylic acids is 1. The second-order valence-electron chi connectivity index (χ2n) is 4.18. The summed E-state index contributed by atoms with van der Waals surface area (Å²) in [7, 11) is 0. The number of unbranched alkanes of at least 4 members (excludes halogenated alkanes) is 1. The molecule has 0 aromatic heterocycles. The second-order valence-corrected chi connectivity index (χ2v) is 5.32. The highest BCUT2D eigenvalue weighted by molar-refractivity contribution is 8.00. The van der Waals surface area contributed by atoms with E-state index in [0.717, 1.165) is 0 Å². The molecule has 1 aromatic rings. The minimum absolute atomic E-state index is 0.0144. The number of amides is 1. The predicted octanol–water partition coefficient (Wildman–Crippen LogP) is 3.28. The molecule has 0 aliphatic rings. The number of benzene rings is 1. The van der Waals surface area contributed by atoms with Gasteiger partial charge in [0.2, 0.25) is 0 Å². The molecule has 0 heterocycles. The fourth-order valence-corrected chi connectivity index (χ4v) is 2.05. The third-order valence-corrected chi connectivity index (χ3v) is 3.19. The Balaban J connectivity index is 2.39. The average Bonchev–Trinajstić information content (AvgIpc) is 2.36. The molecule has 0 unspecified atom stereocenters. The van der Waals surface area contributed by atoms with Crippen LogP contribution in [-0.4, -0.2) is 29.0 Å². The van der Waals surface area contributed by atoms with Crippen molar-refractivity contribution in [1.29, 1.82) is 0 Å². The summed E-state index contributed by atoms with van der Waals surface area (Å²) >= 11 is -0.239. The number of thioether (sulfide) groups is 1. The number of hydrogen-bond acceptors (Lipinski definition) is 3. The van der Waals surface area contributed by atoms with Crippen molar-refractivity contribution in [2.45, 2.75) is 29.7 Å². The van der Waals surface area contributed by atoms with Gasteiger partial charge in [-0.15, -0.1) is 0 Å². The lowest BCUT2D eigenvalue weighted by Gasteiger charge is -2.07. The van der Waals surface area contributed by atoms with Gasteiger partial charge in [0.05, 0.1) is 0 Å².